The van der Waals surface area contributed by atoms with E-state index < -0.39 is 12.3 Å². The Morgan fingerprint density at radius 1 is 1.26 bits per heavy atom. The average Bonchev–Trinajstić information content (AvgIpc) is 3.39. The molecule has 10 heteroatoms. The Hall–Kier alpha value is -3.01. The van der Waals surface area contributed by atoms with Crippen LogP contribution < -0.4 is 4.74 Å². The van der Waals surface area contributed by atoms with Crippen molar-refractivity contribution in [2.75, 3.05) is 13.1 Å². The lowest BCUT2D eigenvalue weighted by atomic mass is 9.98. The monoisotopic (exact) mass is 386 g/mol. The zero-order valence-corrected chi connectivity index (χ0v) is 15.2. The molecule has 0 bridgehead atoms. The highest BCUT2D eigenvalue weighted by Gasteiger charge is 2.27. The molecule has 4 rings (SSSR count). The highest BCUT2D eigenvalue weighted by molar-refractivity contribution is 7.09. The van der Waals surface area contributed by atoms with Crippen LogP contribution in [0, 0.1) is 0 Å². The van der Waals surface area contributed by atoms with Gasteiger partial charge in [0.2, 0.25) is 6.23 Å². The molecule has 1 aliphatic rings. The van der Waals surface area contributed by atoms with E-state index in [-0.39, 0.29) is 5.92 Å². The minimum Gasteiger partial charge on any atom is -0.465 e. The molecule has 140 valence electrons. The van der Waals surface area contributed by atoms with Crippen LogP contribution in [0.4, 0.5) is 4.79 Å². The molecule has 1 fully saturated rings. The number of amides is 1. The fourth-order valence-electron chi connectivity index (χ4n) is 3.07. The highest BCUT2D eigenvalue weighted by Crippen LogP contribution is 2.32. The van der Waals surface area contributed by atoms with E-state index in [0.29, 0.717) is 18.8 Å². The largest absolute Gasteiger partial charge is 0.465 e. The van der Waals surface area contributed by atoms with Gasteiger partial charge in [-0.25, -0.2) is 9.78 Å². The van der Waals surface area contributed by atoms with Crippen LogP contribution in [-0.4, -0.2) is 54.4 Å². The Kier molecular flexibility index (Phi) is 4.97. The van der Waals surface area contributed by atoms with Gasteiger partial charge in [-0.2, -0.15) is 4.68 Å². The number of aromatic nitrogens is 5. The molecule has 2 aromatic heterocycles. The number of piperidine rings is 1. The van der Waals surface area contributed by atoms with Gasteiger partial charge < -0.3 is 14.7 Å². The Morgan fingerprint density at radius 2 is 2.04 bits per heavy atom. The molecule has 0 aliphatic carbocycles. The summed E-state index contributed by atoms with van der Waals surface area (Å²) in [6.45, 7) is 1.07. The standard InChI is InChI=1S/C17H18N6O3S/c24-17(25)22-8-6-12(7-9-22)15-19-14(10-27-15)16(23-11-18-20-21-23)26-13-4-2-1-3-5-13/h1-5,10-12,16H,6-9H2,(H,24,25). The highest BCUT2D eigenvalue weighted by atomic mass is 32.1. The van der Waals surface area contributed by atoms with Gasteiger partial charge in [0.25, 0.3) is 0 Å². The molecule has 1 saturated heterocycles. The van der Waals surface area contributed by atoms with Crippen molar-refractivity contribution in [1.29, 1.82) is 0 Å². The van der Waals surface area contributed by atoms with Gasteiger partial charge in [-0.3, -0.25) is 0 Å². The van der Waals surface area contributed by atoms with Gasteiger partial charge in [0.1, 0.15) is 17.8 Å². The van der Waals surface area contributed by atoms with E-state index in [9.17, 15) is 4.79 Å². The summed E-state index contributed by atoms with van der Waals surface area (Å²) in [5, 5.41) is 23.4. The molecule has 1 aliphatic heterocycles. The van der Waals surface area contributed by atoms with Crippen molar-refractivity contribution < 1.29 is 14.6 Å². The van der Waals surface area contributed by atoms with Crippen molar-refractivity contribution in [3.05, 3.63) is 52.7 Å². The summed E-state index contributed by atoms with van der Waals surface area (Å²) in [6.07, 6.45) is 1.62. The number of carboxylic acid groups (broad SMARTS) is 1. The number of nitrogens with zero attached hydrogens (tertiary/aromatic N) is 6. The van der Waals surface area contributed by atoms with E-state index in [2.05, 4.69) is 15.5 Å². The Morgan fingerprint density at radius 3 is 2.70 bits per heavy atom. The molecule has 3 aromatic rings. The van der Waals surface area contributed by atoms with Gasteiger partial charge in [-0.05, 0) is 35.4 Å². The number of hydrogen-bond donors (Lipinski definition) is 1. The third-order valence-electron chi connectivity index (χ3n) is 4.50. The smallest absolute Gasteiger partial charge is 0.407 e. The maximum Gasteiger partial charge on any atom is 0.407 e. The Bertz CT molecular complexity index is 877. The molecule has 1 N–H and O–H groups in total. The summed E-state index contributed by atoms with van der Waals surface area (Å²) in [4.78, 5) is 17.3. The lowest BCUT2D eigenvalue weighted by molar-refractivity contribution is 0.132. The summed E-state index contributed by atoms with van der Waals surface area (Å²) in [5.41, 5.74) is 0.729. The van der Waals surface area contributed by atoms with Gasteiger partial charge in [0, 0.05) is 24.4 Å². The van der Waals surface area contributed by atoms with Crippen molar-refractivity contribution in [1.82, 2.24) is 30.1 Å². The third-order valence-corrected chi connectivity index (χ3v) is 5.53. The first-order valence-electron chi connectivity index (χ1n) is 8.58. The predicted octanol–water partition coefficient (Wildman–Crippen LogP) is 2.61. The number of tetrazole rings is 1. The van der Waals surface area contributed by atoms with Crippen LogP contribution in [0.2, 0.25) is 0 Å². The zero-order valence-electron chi connectivity index (χ0n) is 14.4. The number of ether oxygens (including phenoxy) is 1. The summed E-state index contributed by atoms with van der Waals surface area (Å²) < 4.78 is 7.60. The van der Waals surface area contributed by atoms with E-state index in [4.69, 9.17) is 14.8 Å². The van der Waals surface area contributed by atoms with Crippen LogP contribution >= 0.6 is 11.3 Å². The van der Waals surface area contributed by atoms with E-state index in [1.165, 1.54) is 15.9 Å². The molecule has 1 unspecified atom stereocenters. The summed E-state index contributed by atoms with van der Waals surface area (Å²) >= 11 is 1.56. The molecule has 1 aromatic carbocycles. The topological polar surface area (TPSA) is 106 Å². The normalized spacial score (nSPS) is 16.2. The van der Waals surface area contributed by atoms with E-state index in [0.717, 1.165) is 23.5 Å². The maximum atomic E-state index is 11.1. The van der Waals surface area contributed by atoms with Crippen molar-refractivity contribution in [3.63, 3.8) is 0 Å². The lowest BCUT2D eigenvalue weighted by Gasteiger charge is -2.28. The summed E-state index contributed by atoms with van der Waals surface area (Å²) in [6, 6.07) is 9.45. The fraction of sp³-hybridized carbons (Fsp3) is 0.353. The number of likely N-dealkylation sites (tertiary alicyclic amines) is 1. The average molecular weight is 386 g/mol. The molecule has 3 heterocycles. The molecule has 1 atom stereocenters. The van der Waals surface area contributed by atoms with Crippen LogP contribution in [0.5, 0.6) is 5.75 Å². The van der Waals surface area contributed by atoms with E-state index >= 15 is 0 Å². The van der Waals surface area contributed by atoms with Crippen LogP contribution in [-0.2, 0) is 0 Å². The van der Waals surface area contributed by atoms with Crippen LogP contribution in [0.15, 0.2) is 42.0 Å². The molecule has 0 saturated carbocycles. The van der Waals surface area contributed by atoms with Crippen LogP contribution in [0.25, 0.3) is 0 Å². The Labute approximate surface area is 159 Å². The molecular formula is C17H18N6O3S. The second-order valence-electron chi connectivity index (χ2n) is 6.23. The molecule has 0 spiro atoms. The molecule has 1 amide bonds. The van der Waals surface area contributed by atoms with Gasteiger partial charge in [-0.1, -0.05) is 18.2 Å². The Balaban J connectivity index is 1.53. The first-order chi connectivity index (χ1) is 13.2. The van der Waals surface area contributed by atoms with Gasteiger partial charge in [-0.15, -0.1) is 16.4 Å². The number of thiazole rings is 1. The third kappa shape index (κ3) is 3.90. The lowest BCUT2D eigenvalue weighted by Crippen LogP contribution is -2.36. The molecule has 27 heavy (non-hydrogen) atoms. The quantitative estimate of drug-likeness (QED) is 0.718. The molecular weight excluding hydrogens is 368 g/mol. The number of rotatable bonds is 5. The van der Waals surface area contributed by atoms with Crippen molar-refractivity contribution in [3.8, 4) is 5.75 Å². The second-order valence-corrected chi connectivity index (χ2v) is 7.12. The summed E-state index contributed by atoms with van der Waals surface area (Å²) in [5.74, 6) is 0.952. The molecule has 0 radical (unpaired) electrons. The first-order valence-corrected chi connectivity index (χ1v) is 9.46. The number of carbonyl (C=O) groups is 1. The fourth-order valence-corrected chi connectivity index (χ4v) is 4.07. The van der Waals surface area contributed by atoms with Crippen LogP contribution in [0.1, 0.15) is 35.7 Å². The number of hydrogen-bond acceptors (Lipinski definition) is 7. The molecule has 9 nitrogen and oxygen atoms in total. The van der Waals surface area contributed by atoms with Crippen molar-refractivity contribution >= 4 is 17.4 Å². The van der Waals surface area contributed by atoms with Crippen LogP contribution in [0.3, 0.4) is 0 Å². The maximum absolute atomic E-state index is 11.1. The second kappa shape index (κ2) is 7.70. The van der Waals surface area contributed by atoms with Crippen molar-refractivity contribution in [2.45, 2.75) is 25.0 Å². The van der Waals surface area contributed by atoms with Gasteiger partial charge >= 0.3 is 6.09 Å². The van der Waals surface area contributed by atoms with Gasteiger partial charge in [0.05, 0.1) is 5.01 Å². The number of benzene rings is 1. The first kappa shape index (κ1) is 17.4. The minimum atomic E-state index is -0.858. The zero-order chi connectivity index (χ0) is 18.6. The minimum absolute atomic E-state index is 0.255. The number of para-hydroxylation sites is 1. The van der Waals surface area contributed by atoms with E-state index in [1.807, 2.05) is 35.7 Å². The van der Waals surface area contributed by atoms with E-state index in [1.54, 1.807) is 11.3 Å². The summed E-state index contributed by atoms with van der Waals surface area (Å²) in [7, 11) is 0. The van der Waals surface area contributed by atoms with Gasteiger partial charge in [0.15, 0.2) is 0 Å². The predicted molar refractivity (Wildman–Crippen MR) is 96.7 cm³/mol. The SMILES string of the molecule is O=C(O)N1CCC(c2nc(C(Oc3ccccc3)n3cnnn3)cs2)CC1. The van der Waals surface area contributed by atoms with Crippen molar-refractivity contribution in [2.24, 2.45) is 0 Å².